The Morgan fingerprint density at radius 1 is 0.897 bits per heavy atom. The van der Waals surface area contributed by atoms with Crippen LogP contribution in [0, 0.1) is 11.8 Å². The van der Waals surface area contributed by atoms with Gasteiger partial charge in [-0.25, -0.2) is 9.59 Å². The van der Waals surface area contributed by atoms with Crippen molar-refractivity contribution < 1.29 is 19.1 Å². The molecule has 0 radical (unpaired) electrons. The Balaban J connectivity index is 1.64. The van der Waals surface area contributed by atoms with Crippen molar-refractivity contribution >= 4 is 12.2 Å². The van der Waals surface area contributed by atoms with Gasteiger partial charge in [0.15, 0.2) is 0 Å². The van der Waals surface area contributed by atoms with Crippen molar-refractivity contribution in [3.63, 3.8) is 0 Å². The van der Waals surface area contributed by atoms with Crippen LogP contribution in [0.1, 0.15) is 64.0 Å². The van der Waals surface area contributed by atoms with Crippen molar-refractivity contribution in [3.05, 3.63) is 71.8 Å². The summed E-state index contributed by atoms with van der Waals surface area (Å²) in [5, 5.41) is 6.32. The van der Waals surface area contributed by atoms with Gasteiger partial charge in [0.05, 0.1) is 7.11 Å². The van der Waals surface area contributed by atoms with Gasteiger partial charge >= 0.3 is 12.2 Å². The summed E-state index contributed by atoms with van der Waals surface area (Å²) in [6.45, 7) is 9.04. The maximum atomic E-state index is 12.9. The van der Waals surface area contributed by atoms with Gasteiger partial charge in [0.25, 0.3) is 0 Å². The van der Waals surface area contributed by atoms with Crippen molar-refractivity contribution in [3.8, 4) is 0 Å². The number of benzene rings is 2. The first-order valence-electron chi connectivity index (χ1n) is 14.3. The Hall–Kier alpha value is -3.06. The predicted octanol–water partition coefficient (Wildman–Crippen LogP) is 5.89. The molecule has 2 N–H and O–H groups in total. The van der Waals surface area contributed by atoms with E-state index in [4.69, 9.17) is 9.47 Å². The summed E-state index contributed by atoms with van der Waals surface area (Å²) in [4.78, 5) is 27.9. The second kappa shape index (κ2) is 12.9. The highest BCUT2D eigenvalue weighted by Gasteiger charge is 2.52. The number of hydrogen-bond acceptors (Lipinski definition) is 5. The number of amides is 2. The molecule has 1 saturated heterocycles. The van der Waals surface area contributed by atoms with Crippen LogP contribution in [0.15, 0.2) is 60.7 Å². The van der Waals surface area contributed by atoms with E-state index in [0.29, 0.717) is 12.5 Å². The molecule has 2 aliphatic rings. The van der Waals surface area contributed by atoms with Crippen LogP contribution in [0.4, 0.5) is 9.59 Å². The van der Waals surface area contributed by atoms with Crippen LogP contribution in [0.25, 0.3) is 0 Å². The van der Waals surface area contributed by atoms with Crippen molar-refractivity contribution in [2.75, 3.05) is 26.7 Å². The van der Waals surface area contributed by atoms with E-state index in [1.165, 1.54) is 18.2 Å². The summed E-state index contributed by atoms with van der Waals surface area (Å²) < 4.78 is 10.7. The smallest absolute Gasteiger partial charge is 0.407 e. The van der Waals surface area contributed by atoms with Crippen molar-refractivity contribution in [2.24, 2.45) is 11.8 Å². The molecule has 3 atom stereocenters. The molecule has 7 heteroatoms. The van der Waals surface area contributed by atoms with Gasteiger partial charge in [-0.1, -0.05) is 67.1 Å². The van der Waals surface area contributed by atoms with Gasteiger partial charge in [-0.05, 0) is 82.5 Å². The number of carbonyl (C=O) groups excluding carboxylic acids is 2. The van der Waals surface area contributed by atoms with Crippen molar-refractivity contribution in [1.29, 1.82) is 0 Å². The number of carbonyl (C=O) groups is 2. The normalized spacial score (nSPS) is 22.1. The van der Waals surface area contributed by atoms with Gasteiger partial charge in [-0.2, -0.15) is 0 Å². The summed E-state index contributed by atoms with van der Waals surface area (Å²) >= 11 is 0. The van der Waals surface area contributed by atoms with Gasteiger partial charge in [0.1, 0.15) is 5.60 Å². The molecule has 1 unspecified atom stereocenters. The molecule has 2 amide bonds. The van der Waals surface area contributed by atoms with Crippen LogP contribution in [-0.2, 0) is 21.4 Å². The quantitative estimate of drug-likeness (QED) is 0.441. The Bertz CT molecular complexity index is 1060. The van der Waals surface area contributed by atoms with E-state index in [0.717, 1.165) is 51.7 Å². The molecular weight excluding hydrogens is 490 g/mol. The molecule has 1 heterocycles. The topological polar surface area (TPSA) is 79.9 Å². The lowest BCUT2D eigenvalue weighted by atomic mass is 9.58. The zero-order valence-electron chi connectivity index (χ0n) is 23.9. The van der Waals surface area contributed by atoms with E-state index in [1.807, 2.05) is 26.8 Å². The summed E-state index contributed by atoms with van der Waals surface area (Å²) in [5.41, 5.74) is 1.62. The maximum Gasteiger partial charge on any atom is 0.407 e. The molecule has 2 aromatic rings. The highest BCUT2D eigenvalue weighted by Crippen LogP contribution is 2.50. The number of likely N-dealkylation sites (tertiary alicyclic amines) is 1. The number of hydrogen-bond donors (Lipinski definition) is 2. The summed E-state index contributed by atoms with van der Waals surface area (Å²) in [6.07, 6.45) is 4.11. The number of piperidine rings is 1. The lowest BCUT2D eigenvalue weighted by molar-refractivity contribution is 0.0410. The first kappa shape index (κ1) is 28.9. The number of nitrogens with zero attached hydrogens (tertiary/aromatic N) is 1. The Morgan fingerprint density at radius 3 is 2.15 bits per heavy atom. The summed E-state index contributed by atoms with van der Waals surface area (Å²) in [6, 6.07) is 21.2. The molecule has 1 saturated carbocycles. The predicted molar refractivity (Wildman–Crippen MR) is 153 cm³/mol. The lowest BCUT2D eigenvalue weighted by Crippen LogP contribution is -2.57. The van der Waals surface area contributed by atoms with Crippen LogP contribution in [0.3, 0.4) is 0 Å². The van der Waals surface area contributed by atoms with Crippen LogP contribution in [0.5, 0.6) is 0 Å². The minimum Gasteiger partial charge on any atom is -0.453 e. The molecular formula is C32H45N3O4. The molecule has 2 fully saturated rings. The molecule has 4 rings (SSSR count). The average molecular weight is 536 g/mol. The van der Waals surface area contributed by atoms with Gasteiger partial charge in [0, 0.05) is 24.5 Å². The second-order valence-electron chi connectivity index (χ2n) is 12.1. The molecule has 0 bridgehead atoms. The van der Waals surface area contributed by atoms with Crippen LogP contribution < -0.4 is 10.6 Å². The van der Waals surface area contributed by atoms with E-state index in [-0.39, 0.29) is 23.5 Å². The van der Waals surface area contributed by atoms with Crippen LogP contribution in [-0.4, -0.2) is 55.5 Å². The number of nitrogens with one attached hydrogen (secondary N) is 2. The van der Waals surface area contributed by atoms with Gasteiger partial charge < -0.3 is 20.1 Å². The first-order chi connectivity index (χ1) is 18.7. The fraction of sp³-hybridized carbons (Fsp3) is 0.562. The van der Waals surface area contributed by atoms with Gasteiger partial charge in [-0.15, -0.1) is 0 Å². The van der Waals surface area contributed by atoms with E-state index < -0.39 is 11.7 Å². The highest BCUT2D eigenvalue weighted by molar-refractivity contribution is 5.68. The van der Waals surface area contributed by atoms with Crippen molar-refractivity contribution in [2.45, 2.75) is 76.5 Å². The fourth-order valence-corrected chi connectivity index (χ4v) is 6.83. The molecule has 0 aromatic heterocycles. The molecule has 39 heavy (non-hydrogen) atoms. The van der Waals surface area contributed by atoms with E-state index in [2.05, 4.69) is 70.1 Å². The van der Waals surface area contributed by atoms with Crippen LogP contribution in [0.2, 0.25) is 0 Å². The lowest BCUT2D eigenvalue weighted by Gasteiger charge is -2.50. The molecule has 2 aromatic carbocycles. The third kappa shape index (κ3) is 7.33. The zero-order chi connectivity index (χ0) is 27.9. The number of ether oxygens (including phenoxy) is 2. The summed E-state index contributed by atoms with van der Waals surface area (Å²) in [7, 11) is 1.41. The number of rotatable bonds is 8. The highest BCUT2D eigenvalue weighted by atomic mass is 16.6. The summed E-state index contributed by atoms with van der Waals surface area (Å²) in [5.74, 6) is 0.477. The number of alkyl carbamates (subject to hydrolysis) is 2. The SMILES string of the molecule is COC(=O)NCC(c1ccccc1)(C1CCN(Cc2ccccc2)CC1)[C@H]1CCC[C@@H]1NC(=O)OC(C)(C)C. The Labute approximate surface area is 233 Å². The Morgan fingerprint density at radius 2 is 1.54 bits per heavy atom. The van der Waals surface area contributed by atoms with E-state index >= 15 is 0 Å². The minimum atomic E-state index is -0.563. The minimum absolute atomic E-state index is 0.0400. The third-order valence-electron chi connectivity index (χ3n) is 8.47. The number of methoxy groups -OCH3 is 1. The molecule has 7 nitrogen and oxygen atoms in total. The fourth-order valence-electron chi connectivity index (χ4n) is 6.83. The largest absolute Gasteiger partial charge is 0.453 e. The standard InChI is InChI=1S/C32H45N3O4/c1-31(2,3)39-30(37)34-28-17-11-16-27(28)32(23-33-29(36)38-4,25-14-9-6-10-15-25)26-18-20-35(21-19-26)22-24-12-7-5-8-13-24/h5-10,12-15,26-28H,11,16-23H2,1-4H3,(H,33,36)(H,34,37)/t27-,28-,32?/m0/s1. The first-order valence-corrected chi connectivity index (χ1v) is 14.3. The maximum absolute atomic E-state index is 12.9. The molecule has 1 aliphatic carbocycles. The molecule has 212 valence electrons. The molecule has 0 spiro atoms. The molecule has 1 aliphatic heterocycles. The average Bonchev–Trinajstić information content (AvgIpc) is 3.38. The van der Waals surface area contributed by atoms with Crippen LogP contribution >= 0.6 is 0 Å². The van der Waals surface area contributed by atoms with Gasteiger partial charge in [-0.3, -0.25) is 4.90 Å². The monoisotopic (exact) mass is 535 g/mol. The Kier molecular flexibility index (Phi) is 9.54. The van der Waals surface area contributed by atoms with Gasteiger partial charge in [0.2, 0.25) is 0 Å². The van der Waals surface area contributed by atoms with E-state index in [1.54, 1.807) is 0 Å². The second-order valence-corrected chi connectivity index (χ2v) is 12.1. The van der Waals surface area contributed by atoms with Crippen molar-refractivity contribution in [1.82, 2.24) is 15.5 Å². The zero-order valence-corrected chi connectivity index (χ0v) is 23.9. The van der Waals surface area contributed by atoms with E-state index in [9.17, 15) is 9.59 Å². The third-order valence-corrected chi connectivity index (χ3v) is 8.47.